The highest BCUT2D eigenvalue weighted by Gasteiger charge is 2.24. The van der Waals surface area contributed by atoms with Crippen LogP contribution in [0.4, 0.5) is 0 Å². The van der Waals surface area contributed by atoms with Gasteiger partial charge in [-0.15, -0.1) is 0 Å². The first-order valence-corrected chi connectivity index (χ1v) is 5.83. The fourth-order valence-corrected chi connectivity index (χ4v) is 1.78. The number of hydrogen-bond acceptors (Lipinski definition) is 2. The lowest BCUT2D eigenvalue weighted by Crippen LogP contribution is -2.45. The van der Waals surface area contributed by atoms with Crippen molar-refractivity contribution < 1.29 is 14.7 Å². The summed E-state index contributed by atoms with van der Waals surface area (Å²) in [5.41, 5.74) is 1.71. The van der Waals surface area contributed by atoms with Crippen molar-refractivity contribution in [3.63, 3.8) is 0 Å². The number of amides is 1. The molecule has 2 N–H and O–H groups in total. The number of aliphatic carboxylic acids is 1. The molecule has 0 aromatic heterocycles. The van der Waals surface area contributed by atoms with Crippen LogP contribution < -0.4 is 5.32 Å². The van der Waals surface area contributed by atoms with E-state index < -0.39 is 11.5 Å². The van der Waals surface area contributed by atoms with Gasteiger partial charge in [-0.3, -0.25) is 9.59 Å². The van der Waals surface area contributed by atoms with Gasteiger partial charge in [-0.05, 0) is 39.3 Å². The Kier molecular flexibility index (Phi) is 4.11. The van der Waals surface area contributed by atoms with E-state index in [1.807, 2.05) is 32.0 Å². The van der Waals surface area contributed by atoms with Gasteiger partial charge in [0.25, 0.3) is 5.91 Å². The van der Waals surface area contributed by atoms with Crippen LogP contribution in [0.15, 0.2) is 18.2 Å². The van der Waals surface area contributed by atoms with Gasteiger partial charge in [-0.2, -0.15) is 0 Å². The highest BCUT2D eigenvalue weighted by Crippen LogP contribution is 2.14. The highest BCUT2D eigenvalue weighted by atomic mass is 16.4. The van der Waals surface area contributed by atoms with Gasteiger partial charge >= 0.3 is 5.97 Å². The number of benzene rings is 1. The minimum absolute atomic E-state index is 0.108. The number of rotatable bonds is 4. The summed E-state index contributed by atoms with van der Waals surface area (Å²) < 4.78 is 0. The fraction of sp³-hybridized carbons (Fsp3) is 0.429. The van der Waals surface area contributed by atoms with Crippen LogP contribution in [-0.4, -0.2) is 22.5 Å². The van der Waals surface area contributed by atoms with E-state index >= 15 is 0 Å². The second kappa shape index (κ2) is 5.21. The van der Waals surface area contributed by atoms with Crippen LogP contribution in [0, 0.1) is 13.8 Å². The Morgan fingerprint density at radius 1 is 1.28 bits per heavy atom. The fourth-order valence-electron chi connectivity index (χ4n) is 1.78. The third-order valence-corrected chi connectivity index (χ3v) is 2.68. The minimum atomic E-state index is -0.929. The molecule has 4 heteroatoms. The van der Waals surface area contributed by atoms with Gasteiger partial charge in [-0.25, -0.2) is 0 Å². The Hall–Kier alpha value is -1.84. The van der Waals surface area contributed by atoms with Crippen molar-refractivity contribution >= 4 is 11.9 Å². The normalized spacial score (nSPS) is 11.1. The molecule has 0 spiro atoms. The van der Waals surface area contributed by atoms with Crippen molar-refractivity contribution in [1.82, 2.24) is 5.32 Å². The van der Waals surface area contributed by atoms with Gasteiger partial charge in [0.05, 0.1) is 6.42 Å². The largest absolute Gasteiger partial charge is 0.481 e. The summed E-state index contributed by atoms with van der Waals surface area (Å²) in [5.74, 6) is -1.16. The second-order valence-electron chi connectivity index (χ2n) is 5.23. The van der Waals surface area contributed by atoms with Gasteiger partial charge in [0.1, 0.15) is 0 Å². The molecule has 0 unspecified atom stereocenters. The standard InChI is InChI=1S/C14H19NO3/c1-9-5-6-10(2)11(7-9)13(18)15-14(3,4)8-12(16)17/h5-7H,8H2,1-4H3,(H,15,18)(H,16,17). The molecule has 0 saturated heterocycles. The van der Waals surface area contributed by atoms with Crippen LogP contribution in [0.1, 0.15) is 41.8 Å². The van der Waals surface area contributed by atoms with E-state index in [4.69, 9.17) is 5.11 Å². The Morgan fingerprint density at radius 3 is 2.44 bits per heavy atom. The van der Waals surface area contributed by atoms with Gasteiger partial charge < -0.3 is 10.4 Å². The molecule has 0 aliphatic carbocycles. The topological polar surface area (TPSA) is 66.4 Å². The zero-order valence-corrected chi connectivity index (χ0v) is 11.2. The number of carboxylic acid groups (broad SMARTS) is 1. The molecule has 1 aromatic carbocycles. The average molecular weight is 249 g/mol. The summed E-state index contributed by atoms with van der Waals surface area (Å²) in [6.07, 6.45) is -0.108. The molecular weight excluding hydrogens is 230 g/mol. The molecule has 4 nitrogen and oxygen atoms in total. The number of hydrogen-bond donors (Lipinski definition) is 2. The number of carbonyl (C=O) groups excluding carboxylic acids is 1. The molecule has 0 aliphatic heterocycles. The molecule has 98 valence electrons. The van der Waals surface area contributed by atoms with Crippen LogP contribution in [0.2, 0.25) is 0 Å². The first kappa shape index (κ1) is 14.2. The molecule has 1 amide bonds. The van der Waals surface area contributed by atoms with Crippen molar-refractivity contribution in [2.75, 3.05) is 0 Å². The monoisotopic (exact) mass is 249 g/mol. The van der Waals surface area contributed by atoms with Crippen LogP contribution in [-0.2, 0) is 4.79 Å². The molecule has 0 aliphatic rings. The molecular formula is C14H19NO3. The van der Waals surface area contributed by atoms with Gasteiger partial charge in [0.2, 0.25) is 0 Å². The van der Waals surface area contributed by atoms with Crippen LogP contribution in [0.5, 0.6) is 0 Å². The summed E-state index contributed by atoms with van der Waals surface area (Å²) in [7, 11) is 0. The highest BCUT2D eigenvalue weighted by molar-refractivity contribution is 5.96. The SMILES string of the molecule is Cc1ccc(C)c(C(=O)NC(C)(C)CC(=O)O)c1. The quantitative estimate of drug-likeness (QED) is 0.860. The zero-order chi connectivity index (χ0) is 13.9. The van der Waals surface area contributed by atoms with Crippen molar-refractivity contribution in [2.45, 2.75) is 39.7 Å². The molecule has 0 radical (unpaired) electrons. The molecule has 18 heavy (non-hydrogen) atoms. The third kappa shape index (κ3) is 3.87. The van der Waals surface area contributed by atoms with E-state index in [1.54, 1.807) is 13.8 Å². The summed E-state index contributed by atoms with van der Waals surface area (Å²) in [6.45, 7) is 7.17. The van der Waals surface area contributed by atoms with Crippen LogP contribution >= 0.6 is 0 Å². The Bertz CT molecular complexity index is 478. The van der Waals surface area contributed by atoms with E-state index in [0.29, 0.717) is 5.56 Å². The van der Waals surface area contributed by atoms with Crippen molar-refractivity contribution in [1.29, 1.82) is 0 Å². The lowest BCUT2D eigenvalue weighted by atomic mass is 9.98. The lowest BCUT2D eigenvalue weighted by molar-refractivity contribution is -0.138. The first-order chi connectivity index (χ1) is 8.21. The molecule has 0 bridgehead atoms. The summed E-state index contributed by atoms with van der Waals surface area (Å²) in [4.78, 5) is 22.8. The Labute approximate surface area is 107 Å². The maximum Gasteiger partial charge on any atom is 0.305 e. The molecule has 1 aromatic rings. The molecule has 0 atom stereocenters. The Morgan fingerprint density at radius 2 is 1.89 bits per heavy atom. The van der Waals surface area contributed by atoms with Gasteiger partial charge in [-0.1, -0.05) is 17.7 Å². The van der Waals surface area contributed by atoms with Crippen molar-refractivity contribution in [3.05, 3.63) is 34.9 Å². The summed E-state index contributed by atoms with van der Waals surface area (Å²) in [5, 5.41) is 11.5. The van der Waals surface area contributed by atoms with E-state index in [-0.39, 0.29) is 12.3 Å². The predicted octanol–water partition coefficient (Wildman–Crippen LogP) is 2.29. The van der Waals surface area contributed by atoms with E-state index in [1.165, 1.54) is 0 Å². The number of carbonyl (C=O) groups is 2. The number of aryl methyl sites for hydroxylation is 2. The summed E-state index contributed by atoms with van der Waals surface area (Å²) in [6, 6.07) is 5.63. The van der Waals surface area contributed by atoms with Crippen LogP contribution in [0.25, 0.3) is 0 Å². The molecule has 0 fully saturated rings. The maximum atomic E-state index is 12.1. The third-order valence-electron chi connectivity index (χ3n) is 2.68. The summed E-state index contributed by atoms with van der Waals surface area (Å²) >= 11 is 0. The maximum absolute atomic E-state index is 12.1. The van der Waals surface area contributed by atoms with E-state index in [9.17, 15) is 9.59 Å². The molecule has 1 rings (SSSR count). The van der Waals surface area contributed by atoms with Crippen LogP contribution in [0.3, 0.4) is 0 Å². The van der Waals surface area contributed by atoms with Crippen molar-refractivity contribution in [2.24, 2.45) is 0 Å². The van der Waals surface area contributed by atoms with E-state index in [0.717, 1.165) is 11.1 Å². The van der Waals surface area contributed by atoms with Gasteiger partial charge in [0.15, 0.2) is 0 Å². The van der Waals surface area contributed by atoms with E-state index in [2.05, 4.69) is 5.32 Å². The van der Waals surface area contributed by atoms with Crippen molar-refractivity contribution in [3.8, 4) is 0 Å². The first-order valence-electron chi connectivity index (χ1n) is 5.83. The lowest BCUT2D eigenvalue weighted by Gasteiger charge is -2.24. The molecule has 0 heterocycles. The Balaban J connectivity index is 2.88. The minimum Gasteiger partial charge on any atom is -0.481 e. The predicted molar refractivity (Wildman–Crippen MR) is 69.7 cm³/mol. The second-order valence-corrected chi connectivity index (χ2v) is 5.23. The number of carboxylic acids is 1. The average Bonchev–Trinajstić information content (AvgIpc) is 2.18. The number of nitrogens with one attached hydrogen (secondary N) is 1. The smallest absolute Gasteiger partial charge is 0.305 e. The molecule has 0 saturated carbocycles. The van der Waals surface area contributed by atoms with Gasteiger partial charge in [0, 0.05) is 11.1 Å². The zero-order valence-electron chi connectivity index (χ0n) is 11.2.